The Kier molecular flexibility index (Phi) is 2.60. The first-order valence-corrected chi connectivity index (χ1v) is 6.28. The first kappa shape index (κ1) is 11.0. The van der Waals surface area contributed by atoms with Crippen molar-refractivity contribution in [2.24, 2.45) is 0 Å². The van der Waals surface area contributed by atoms with Crippen LogP contribution >= 0.6 is 11.3 Å². The molecule has 5 heteroatoms. The number of nitrogens with zero attached hydrogens (tertiary/aromatic N) is 1. The van der Waals surface area contributed by atoms with E-state index in [0.29, 0.717) is 22.5 Å². The van der Waals surface area contributed by atoms with Crippen LogP contribution in [-0.4, -0.2) is 17.1 Å². The van der Waals surface area contributed by atoms with Crippen LogP contribution in [0.15, 0.2) is 40.5 Å². The highest BCUT2D eigenvalue weighted by molar-refractivity contribution is 7.13. The van der Waals surface area contributed by atoms with Gasteiger partial charge >= 0.3 is 0 Å². The Morgan fingerprint density at radius 3 is 2.89 bits per heavy atom. The SMILES string of the molecule is COc1cccc2c(=O)[nH]c(-c3cccs3)nc12. The van der Waals surface area contributed by atoms with Gasteiger partial charge in [0, 0.05) is 0 Å². The largest absolute Gasteiger partial charge is 0.494 e. The summed E-state index contributed by atoms with van der Waals surface area (Å²) in [5.74, 6) is 1.18. The fourth-order valence-electron chi connectivity index (χ4n) is 1.83. The van der Waals surface area contributed by atoms with E-state index in [1.165, 1.54) is 11.3 Å². The molecule has 0 amide bonds. The number of methoxy groups -OCH3 is 1. The van der Waals surface area contributed by atoms with Gasteiger partial charge in [0.15, 0.2) is 5.82 Å². The van der Waals surface area contributed by atoms with Crippen molar-refractivity contribution in [1.29, 1.82) is 0 Å². The molecule has 4 nitrogen and oxygen atoms in total. The van der Waals surface area contributed by atoms with Crippen molar-refractivity contribution in [2.75, 3.05) is 7.11 Å². The maximum absolute atomic E-state index is 12.0. The van der Waals surface area contributed by atoms with E-state index >= 15 is 0 Å². The summed E-state index contributed by atoms with van der Waals surface area (Å²) in [7, 11) is 1.57. The summed E-state index contributed by atoms with van der Waals surface area (Å²) in [4.78, 5) is 20.2. The number of para-hydroxylation sites is 1. The second kappa shape index (κ2) is 4.27. The number of aromatic amines is 1. The van der Waals surface area contributed by atoms with Gasteiger partial charge in [-0.25, -0.2) is 4.98 Å². The van der Waals surface area contributed by atoms with E-state index in [9.17, 15) is 4.79 Å². The Labute approximate surface area is 107 Å². The zero-order valence-corrected chi connectivity index (χ0v) is 10.5. The number of hydrogen-bond acceptors (Lipinski definition) is 4. The van der Waals surface area contributed by atoms with Crippen molar-refractivity contribution >= 4 is 22.2 Å². The summed E-state index contributed by atoms with van der Waals surface area (Å²) in [6.07, 6.45) is 0. The van der Waals surface area contributed by atoms with E-state index in [-0.39, 0.29) is 5.56 Å². The average Bonchev–Trinajstić information content (AvgIpc) is 2.92. The highest BCUT2D eigenvalue weighted by Gasteiger charge is 2.09. The number of rotatable bonds is 2. The number of fused-ring (bicyclic) bond motifs is 1. The number of nitrogens with one attached hydrogen (secondary N) is 1. The first-order chi connectivity index (χ1) is 8.79. The van der Waals surface area contributed by atoms with E-state index in [1.54, 1.807) is 25.3 Å². The average molecular weight is 258 g/mol. The third kappa shape index (κ3) is 1.69. The molecule has 0 saturated heterocycles. The van der Waals surface area contributed by atoms with Crippen LogP contribution in [0.2, 0.25) is 0 Å². The molecule has 0 aliphatic rings. The van der Waals surface area contributed by atoms with Gasteiger partial charge in [-0.15, -0.1) is 11.3 Å². The van der Waals surface area contributed by atoms with Crippen molar-refractivity contribution < 1.29 is 4.74 Å². The molecule has 1 aromatic carbocycles. The molecule has 1 N–H and O–H groups in total. The van der Waals surface area contributed by atoms with E-state index < -0.39 is 0 Å². The summed E-state index contributed by atoms with van der Waals surface area (Å²) in [6, 6.07) is 9.16. The Morgan fingerprint density at radius 1 is 1.28 bits per heavy atom. The van der Waals surface area contributed by atoms with Crippen LogP contribution in [0.25, 0.3) is 21.6 Å². The van der Waals surface area contributed by atoms with Crippen LogP contribution in [0.1, 0.15) is 0 Å². The molecule has 2 aromatic heterocycles. The van der Waals surface area contributed by atoms with Gasteiger partial charge in [0.2, 0.25) is 0 Å². The smallest absolute Gasteiger partial charge is 0.259 e. The number of ether oxygens (including phenoxy) is 1. The zero-order chi connectivity index (χ0) is 12.5. The maximum atomic E-state index is 12.0. The fourth-order valence-corrected chi connectivity index (χ4v) is 2.50. The molecule has 3 aromatic rings. The zero-order valence-electron chi connectivity index (χ0n) is 9.64. The van der Waals surface area contributed by atoms with Gasteiger partial charge in [-0.1, -0.05) is 12.1 Å². The molecule has 0 unspecified atom stereocenters. The molecular formula is C13H10N2O2S. The van der Waals surface area contributed by atoms with Crippen LogP contribution in [0.4, 0.5) is 0 Å². The Balaban J connectivity index is 2.35. The summed E-state index contributed by atoms with van der Waals surface area (Å²) in [6.45, 7) is 0. The van der Waals surface area contributed by atoms with Crippen LogP contribution in [-0.2, 0) is 0 Å². The number of aromatic nitrogens is 2. The molecule has 0 saturated carbocycles. The fraction of sp³-hybridized carbons (Fsp3) is 0.0769. The summed E-state index contributed by atoms with van der Waals surface area (Å²) >= 11 is 1.53. The number of H-pyrrole nitrogens is 1. The number of hydrogen-bond donors (Lipinski definition) is 1. The van der Waals surface area contributed by atoms with Gasteiger partial charge in [0.1, 0.15) is 11.3 Å². The van der Waals surface area contributed by atoms with E-state index in [2.05, 4.69) is 9.97 Å². The molecule has 2 heterocycles. The van der Waals surface area contributed by atoms with Gasteiger partial charge in [0.05, 0.1) is 17.4 Å². The van der Waals surface area contributed by atoms with Crippen LogP contribution in [0.3, 0.4) is 0 Å². The molecule has 0 atom stereocenters. The topological polar surface area (TPSA) is 55.0 Å². The van der Waals surface area contributed by atoms with Crippen molar-refractivity contribution in [3.05, 3.63) is 46.1 Å². The highest BCUT2D eigenvalue weighted by atomic mass is 32.1. The summed E-state index contributed by atoms with van der Waals surface area (Å²) in [5, 5.41) is 2.48. The maximum Gasteiger partial charge on any atom is 0.259 e. The van der Waals surface area contributed by atoms with Gasteiger partial charge < -0.3 is 9.72 Å². The van der Waals surface area contributed by atoms with Crippen LogP contribution < -0.4 is 10.3 Å². The van der Waals surface area contributed by atoms with Crippen molar-refractivity contribution in [2.45, 2.75) is 0 Å². The normalized spacial score (nSPS) is 10.7. The van der Waals surface area contributed by atoms with E-state index in [0.717, 1.165) is 4.88 Å². The lowest BCUT2D eigenvalue weighted by molar-refractivity contribution is 0.419. The molecule has 3 rings (SSSR count). The van der Waals surface area contributed by atoms with Gasteiger partial charge in [-0.05, 0) is 23.6 Å². The lowest BCUT2D eigenvalue weighted by atomic mass is 10.2. The van der Waals surface area contributed by atoms with E-state index in [1.807, 2.05) is 17.5 Å². The predicted octanol–water partition coefficient (Wildman–Crippen LogP) is 2.66. The van der Waals surface area contributed by atoms with Crippen LogP contribution in [0, 0.1) is 0 Å². The molecule has 0 fully saturated rings. The molecule has 0 aliphatic carbocycles. The van der Waals surface area contributed by atoms with Gasteiger partial charge in [0.25, 0.3) is 5.56 Å². The van der Waals surface area contributed by atoms with Gasteiger partial charge in [-0.3, -0.25) is 4.79 Å². The second-order valence-corrected chi connectivity index (χ2v) is 4.70. The Hall–Kier alpha value is -2.14. The molecule has 0 aliphatic heterocycles. The van der Waals surface area contributed by atoms with Crippen molar-refractivity contribution in [1.82, 2.24) is 9.97 Å². The molecule has 0 radical (unpaired) electrons. The molecular weight excluding hydrogens is 248 g/mol. The minimum Gasteiger partial charge on any atom is -0.494 e. The predicted molar refractivity (Wildman–Crippen MR) is 72.2 cm³/mol. The molecule has 90 valence electrons. The lowest BCUT2D eigenvalue weighted by Gasteiger charge is -2.05. The standard InChI is InChI=1S/C13H10N2O2S/c1-17-9-5-2-4-8-11(9)14-12(15-13(8)16)10-6-3-7-18-10/h2-7H,1H3,(H,14,15,16). The second-order valence-electron chi connectivity index (χ2n) is 3.75. The lowest BCUT2D eigenvalue weighted by Crippen LogP contribution is -2.09. The Bertz CT molecular complexity index is 747. The van der Waals surface area contributed by atoms with Gasteiger partial charge in [-0.2, -0.15) is 0 Å². The third-order valence-electron chi connectivity index (χ3n) is 2.67. The van der Waals surface area contributed by atoms with Crippen LogP contribution in [0.5, 0.6) is 5.75 Å². The Morgan fingerprint density at radius 2 is 2.17 bits per heavy atom. The summed E-state index contributed by atoms with van der Waals surface area (Å²) < 4.78 is 5.24. The first-order valence-electron chi connectivity index (χ1n) is 5.40. The monoisotopic (exact) mass is 258 g/mol. The number of benzene rings is 1. The van der Waals surface area contributed by atoms with E-state index in [4.69, 9.17) is 4.74 Å². The molecule has 0 bridgehead atoms. The number of thiophene rings is 1. The highest BCUT2D eigenvalue weighted by Crippen LogP contribution is 2.25. The quantitative estimate of drug-likeness (QED) is 0.768. The van der Waals surface area contributed by atoms with Crippen molar-refractivity contribution in [3.8, 4) is 16.5 Å². The third-order valence-corrected chi connectivity index (χ3v) is 3.55. The minimum atomic E-state index is -0.151. The molecule has 0 spiro atoms. The minimum absolute atomic E-state index is 0.151. The van der Waals surface area contributed by atoms with Crippen molar-refractivity contribution in [3.63, 3.8) is 0 Å². The molecule has 18 heavy (non-hydrogen) atoms. The summed E-state index contributed by atoms with van der Waals surface area (Å²) in [5.41, 5.74) is 0.439.